The summed E-state index contributed by atoms with van der Waals surface area (Å²) in [5.74, 6) is 0.734. The van der Waals surface area contributed by atoms with Crippen LogP contribution in [0.2, 0.25) is 0 Å². The maximum atomic E-state index is 13.0. The third-order valence-corrected chi connectivity index (χ3v) is 4.71. The van der Waals surface area contributed by atoms with Crippen LogP contribution in [0.5, 0.6) is 0 Å². The molecule has 130 valence electrons. The van der Waals surface area contributed by atoms with Gasteiger partial charge in [-0.2, -0.15) is 0 Å². The van der Waals surface area contributed by atoms with Crippen molar-refractivity contribution in [1.82, 2.24) is 0 Å². The summed E-state index contributed by atoms with van der Waals surface area (Å²) >= 11 is 0. The molecular formula is C23H26O2. The third kappa shape index (κ3) is 4.19. The summed E-state index contributed by atoms with van der Waals surface area (Å²) in [5.41, 5.74) is 2.58. The van der Waals surface area contributed by atoms with E-state index >= 15 is 0 Å². The molecule has 0 atom stereocenters. The highest BCUT2D eigenvalue weighted by molar-refractivity contribution is 5.80. The van der Waals surface area contributed by atoms with Gasteiger partial charge < -0.3 is 4.42 Å². The lowest BCUT2D eigenvalue weighted by molar-refractivity contribution is 0.587. The van der Waals surface area contributed by atoms with Crippen molar-refractivity contribution in [2.45, 2.75) is 51.9 Å². The quantitative estimate of drug-likeness (QED) is 0.448. The standard InChI is InChI=1S/C23H26O2/c1-2-3-4-5-6-10-16-20-22(24)19-15-11-12-17-21(19)25-23(20)18-13-8-7-9-14-18/h7-9,11-15,17H,2-6,10,16H2,1H3. The molecule has 0 saturated heterocycles. The van der Waals surface area contributed by atoms with Crippen LogP contribution in [0, 0.1) is 0 Å². The van der Waals surface area contributed by atoms with E-state index in [0.717, 1.165) is 29.7 Å². The molecule has 0 aliphatic heterocycles. The van der Waals surface area contributed by atoms with Gasteiger partial charge in [0.05, 0.1) is 5.39 Å². The van der Waals surface area contributed by atoms with Crippen molar-refractivity contribution in [3.05, 3.63) is 70.4 Å². The van der Waals surface area contributed by atoms with E-state index in [4.69, 9.17) is 4.42 Å². The van der Waals surface area contributed by atoms with Crippen LogP contribution in [0.3, 0.4) is 0 Å². The minimum Gasteiger partial charge on any atom is -0.456 e. The first kappa shape index (κ1) is 17.5. The lowest BCUT2D eigenvalue weighted by atomic mass is 9.99. The topological polar surface area (TPSA) is 30.2 Å². The Morgan fingerprint density at radius 1 is 0.800 bits per heavy atom. The molecule has 2 heteroatoms. The number of fused-ring (bicyclic) bond motifs is 1. The highest BCUT2D eigenvalue weighted by Crippen LogP contribution is 2.27. The molecule has 3 rings (SSSR count). The molecule has 25 heavy (non-hydrogen) atoms. The van der Waals surface area contributed by atoms with Gasteiger partial charge in [-0.3, -0.25) is 4.79 Å². The van der Waals surface area contributed by atoms with E-state index in [-0.39, 0.29) is 5.43 Å². The molecular weight excluding hydrogens is 308 g/mol. The van der Waals surface area contributed by atoms with Gasteiger partial charge in [0.1, 0.15) is 11.3 Å². The summed E-state index contributed by atoms with van der Waals surface area (Å²) in [6.07, 6.45) is 8.07. The summed E-state index contributed by atoms with van der Waals surface area (Å²) in [6, 6.07) is 17.5. The molecule has 2 aromatic carbocycles. The fourth-order valence-electron chi connectivity index (χ4n) is 3.31. The van der Waals surface area contributed by atoms with E-state index in [2.05, 4.69) is 6.92 Å². The Hall–Kier alpha value is -2.35. The smallest absolute Gasteiger partial charge is 0.196 e. The van der Waals surface area contributed by atoms with Gasteiger partial charge in [0.2, 0.25) is 0 Å². The zero-order chi connectivity index (χ0) is 17.5. The monoisotopic (exact) mass is 334 g/mol. The summed E-state index contributed by atoms with van der Waals surface area (Å²) in [7, 11) is 0. The van der Waals surface area contributed by atoms with Gasteiger partial charge in [0.15, 0.2) is 5.43 Å². The second-order valence-corrected chi connectivity index (χ2v) is 6.62. The van der Waals surface area contributed by atoms with Crippen molar-refractivity contribution in [3.8, 4) is 11.3 Å². The Bertz CT molecular complexity index is 862. The molecule has 0 radical (unpaired) electrons. The minimum absolute atomic E-state index is 0.120. The summed E-state index contributed by atoms with van der Waals surface area (Å²) < 4.78 is 6.16. The van der Waals surface area contributed by atoms with Gasteiger partial charge in [0.25, 0.3) is 0 Å². The van der Waals surface area contributed by atoms with Crippen LogP contribution >= 0.6 is 0 Å². The fourth-order valence-corrected chi connectivity index (χ4v) is 3.31. The largest absolute Gasteiger partial charge is 0.456 e. The summed E-state index contributed by atoms with van der Waals surface area (Å²) in [4.78, 5) is 13.0. The van der Waals surface area contributed by atoms with Gasteiger partial charge in [0, 0.05) is 11.1 Å². The molecule has 0 N–H and O–H groups in total. The van der Waals surface area contributed by atoms with Crippen molar-refractivity contribution in [3.63, 3.8) is 0 Å². The second-order valence-electron chi connectivity index (χ2n) is 6.62. The average molecular weight is 334 g/mol. The first-order chi connectivity index (χ1) is 12.3. The SMILES string of the molecule is CCCCCCCCc1c(-c2ccccc2)oc2ccccc2c1=O. The molecule has 1 aromatic heterocycles. The Balaban J connectivity index is 1.91. The zero-order valence-corrected chi connectivity index (χ0v) is 15.0. The molecule has 0 aliphatic rings. The number of para-hydroxylation sites is 1. The molecule has 2 nitrogen and oxygen atoms in total. The highest BCUT2D eigenvalue weighted by Gasteiger charge is 2.15. The second kappa shape index (κ2) is 8.66. The van der Waals surface area contributed by atoms with Crippen molar-refractivity contribution >= 4 is 11.0 Å². The lowest BCUT2D eigenvalue weighted by Crippen LogP contribution is -2.11. The van der Waals surface area contributed by atoms with Crippen molar-refractivity contribution in [1.29, 1.82) is 0 Å². The normalized spacial score (nSPS) is 11.1. The van der Waals surface area contributed by atoms with E-state index in [1.807, 2.05) is 54.6 Å². The minimum atomic E-state index is 0.120. The van der Waals surface area contributed by atoms with Crippen molar-refractivity contribution in [2.75, 3.05) is 0 Å². The van der Waals surface area contributed by atoms with E-state index in [9.17, 15) is 4.79 Å². The lowest BCUT2D eigenvalue weighted by Gasteiger charge is -2.10. The Kier molecular flexibility index (Phi) is 6.05. The number of benzene rings is 2. The van der Waals surface area contributed by atoms with Crippen molar-refractivity contribution in [2.24, 2.45) is 0 Å². The van der Waals surface area contributed by atoms with Crippen LogP contribution in [0.15, 0.2) is 63.8 Å². The number of hydrogen-bond donors (Lipinski definition) is 0. The molecule has 0 aliphatic carbocycles. The fraction of sp³-hybridized carbons (Fsp3) is 0.348. The number of rotatable bonds is 8. The molecule has 0 unspecified atom stereocenters. The average Bonchev–Trinajstić information content (AvgIpc) is 2.66. The first-order valence-corrected chi connectivity index (χ1v) is 9.41. The zero-order valence-electron chi connectivity index (χ0n) is 15.0. The van der Waals surface area contributed by atoms with Crippen LogP contribution in [-0.2, 0) is 6.42 Å². The molecule has 0 bridgehead atoms. The Morgan fingerprint density at radius 2 is 1.48 bits per heavy atom. The van der Waals surface area contributed by atoms with E-state index in [1.165, 1.54) is 32.1 Å². The Morgan fingerprint density at radius 3 is 2.28 bits per heavy atom. The number of unbranched alkanes of at least 4 members (excludes halogenated alkanes) is 5. The van der Waals surface area contributed by atoms with Crippen LogP contribution < -0.4 is 5.43 Å². The summed E-state index contributed by atoms with van der Waals surface area (Å²) in [6.45, 7) is 2.23. The highest BCUT2D eigenvalue weighted by atomic mass is 16.3. The first-order valence-electron chi connectivity index (χ1n) is 9.41. The maximum Gasteiger partial charge on any atom is 0.196 e. The third-order valence-electron chi connectivity index (χ3n) is 4.71. The van der Waals surface area contributed by atoms with Crippen LogP contribution in [-0.4, -0.2) is 0 Å². The predicted molar refractivity (Wildman–Crippen MR) is 105 cm³/mol. The maximum absolute atomic E-state index is 13.0. The molecule has 0 spiro atoms. The molecule has 1 heterocycles. The van der Waals surface area contributed by atoms with E-state index in [0.29, 0.717) is 11.0 Å². The van der Waals surface area contributed by atoms with Crippen molar-refractivity contribution < 1.29 is 4.42 Å². The number of hydrogen-bond acceptors (Lipinski definition) is 2. The molecule has 0 fully saturated rings. The van der Waals surface area contributed by atoms with Gasteiger partial charge in [-0.15, -0.1) is 0 Å². The van der Waals surface area contributed by atoms with E-state index < -0.39 is 0 Å². The van der Waals surface area contributed by atoms with Gasteiger partial charge in [-0.25, -0.2) is 0 Å². The molecule has 0 saturated carbocycles. The van der Waals surface area contributed by atoms with Gasteiger partial charge in [-0.1, -0.05) is 81.5 Å². The van der Waals surface area contributed by atoms with Crippen LogP contribution in [0.1, 0.15) is 51.0 Å². The Labute approximate surface area is 149 Å². The van der Waals surface area contributed by atoms with Crippen LogP contribution in [0.25, 0.3) is 22.3 Å². The molecule has 0 amide bonds. The van der Waals surface area contributed by atoms with E-state index in [1.54, 1.807) is 0 Å². The molecule has 3 aromatic rings. The predicted octanol–water partition coefficient (Wildman–Crippen LogP) is 6.36. The van der Waals surface area contributed by atoms with Gasteiger partial charge >= 0.3 is 0 Å². The summed E-state index contributed by atoms with van der Waals surface area (Å²) in [5, 5.41) is 0.683. The van der Waals surface area contributed by atoms with Gasteiger partial charge in [-0.05, 0) is 25.0 Å². The van der Waals surface area contributed by atoms with Crippen LogP contribution in [0.4, 0.5) is 0 Å².